The van der Waals surface area contributed by atoms with E-state index in [0.29, 0.717) is 17.5 Å². The average Bonchev–Trinajstić information content (AvgIpc) is 4.02. The van der Waals surface area contributed by atoms with E-state index in [0.717, 1.165) is 66.3 Å². The van der Waals surface area contributed by atoms with Crippen molar-refractivity contribution >= 4 is 77.3 Å². The van der Waals surface area contributed by atoms with Crippen molar-refractivity contribution in [3.8, 4) is 56.7 Å². The first-order valence-electron chi connectivity index (χ1n) is 21.4. The van der Waals surface area contributed by atoms with Gasteiger partial charge in [-0.3, -0.25) is 9.13 Å². The van der Waals surface area contributed by atoms with Crippen LogP contribution in [0, 0.1) is 0 Å². The zero-order valence-corrected chi connectivity index (χ0v) is 34.9. The van der Waals surface area contributed by atoms with Gasteiger partial charge in [0.15, 0.2) is 17.5 Å². The fraction of sp³-hybridized carbons (Fsp3) is 0. The SMILES string of the molecule is c1ccc(-n2c3cc(-c4ccc(-c5nc(-c6ccc7ccccc7c6)nc(-c6cccc7oc8ccccc8c67)n5)cc4)ccc3c3c4cccc5c4n(c32)-c2ccccc2S5)cc1. The number of benzene rings is 9. The largest absolute Gasteiger partial charge is 0.456 e. The first-order valence-corrected chi connectivity index (χ1v) is 22.2. The summed E-state index contributed by atoms with van der Waals surface area (Å²) >= 11 is 1.85. The highest BCUT2D eigenvalue weighted by atomic mass is 32.2. The third-order valence-electron chi connectivity index (χ3n) is 12.8. The Morgan fingerprint density at radius 3 is 1.98 bits per heavy atom. The molecule has 1 aliphatic rings. The molecule has 9 aromatic carbocycles. The molecule has 0 atom stereocenters. The highest BCUT2D eigenvalue weighted by Crippen LogP contribution is 2.50. The Morgan fingerprint density at radius 1 is 0.406 bits per heavy atom. The maximum atomic E-state index is 6.30. The number of rotatable bonds is 5. The van der Waals surface area contributed by atoms with E-state index in [9.17, 15) is 0 Å². The zero-order valence-electron chi connectivity index (χ0n) is 34.1. The summed E-state index contributed by atoms with van der Waals surface area (Å²) in [4.78, 5) is 18.1. The molecule has 0 saturated carbocycles. The van der Waals surface area contributed by atoms with Gasteiger partial charge < -0.3 is 4.42 Å². The van der Waals surface area contributed by atoms with Crippen molar-refractivity contribution in [1.29, 1.82) is 0 Å². The Hall–Kier alpha value is -8.26. The van der Waals surface area contributed by atoms with Gasteiger partial charge in [-0.25, -0.2) is 15.0 Å². The molecule has 0 fully saturated rings. The molecule has 0 saturated heterocycles. The van der Waals surface area contributed by atoms with Crippen LogP contribution in [0.15, 0.2) is 214 Å². The van der Waals surface area contributed by atoms with Crippen LogP contribution in [-0.4, -0.2) is 24.1 Å². The van der Waals surface area contributed by atoms with Gasteiger partial charge >= 0.3 is 0 Å². The van der Waals surface area contributed by atoms with Gasteiger partial charge in [0.25, 0.3) is 0 Å². The lowest BCUT2D eigenvalue weighted by Crippen LogP contribution is -2.05. The third kappa shape index (κ3) is 5.25. The highest BCUT2D eigenvalue weighted by molar-refractivity contribution is 7.99. The summed E-state index contributed by atoms with van der Waals surface area (Å²) in [5, 5.41) is 8.07. The summed E-state index contributed by atoms with van der Waals surface area (Å²) in [6, 6.07) is 70.8. The summed E-state index contributed by atoms with van der Waals surface area (Å²) in [5.41, 5.74) is 12.5. The van der Waals surface area contributed by atoms with Crippen molar-refractivity contribution in [2.45, 2.75) is 9.79 Å². The second-order valence-electron chi connectivity index (χ2n) is 16.4. The normalized spacial score (nSPS) is 12.3. The molecule has 298 valence electrons. The van der Waals surface area contributed by atoms with E-state index in [2.05, 4.69) is 179 Å². The third-order valence-corrected chi connectivity index (χ3v) is 13.9. The van der Waals surface area contributed by atoms with E-state index >= 15 is 0 Å². The van der Waals surface area contributed by atoms with Crippen molar-refractivity contribution in [3.05, 3.63) is 200 Å². The molecule has 7 heteroatoms. The van der Waals surface area contributed by atoms with Gasteiger partial charge in [-0.05, 0) is 76.5 Å². The van der Waals surface area contributed by atoms with E-state index in [4.69, 9.17) is 19.4 Å². The lowest BCUT2D eigenvalue weighted by atomic mass is 10.0. The van der Waals surface area contributed by atoms with Crippen LogP contribution >= 0.6 is 11.8 Å². The fourth-order valence-electron chi connectivity index (χ4n) is 9.85. The smallest absolute Gasteiger partial charge is 0.164 e. The lowest BCUT2D eigenvalue weighted by Gasteiger charge is -2.21. The number of aromatic nitrogens is 5. The summed E-state index contributed by atoms with van der Waals surface area (Å²) in [6.45, 7) is 0. The topological polar surface area (TPSA) is 61.7 Å². The van der Waals surface area contributed by atoms with Crippen molar-refractivity contribution in [2.75, 3.05) is 0 Å². The molecule has 1 aliphatic heterocycles. The van der Waals surface area contributed by atoms with E-state index < -0.39 is 0 Å². The molecule has 4 aromatic heterocycles. The number of fused-ring (bicyclic) bond motifs is 11. The second kappa shape index (κ2) is 13.6. The van der Waals surface area contributed by atoms with Crippen LogP contribution in [-0.2, 0) is 0 Å². The molecule has 13 aromatic rings. The molecule has 0 spiro atoms. The minimum atomic E-state index is 0.596. The van der Waals surface area contributed by atoms with Crippen LogP contribution in [0.2, 0.25) is 0 Å². The number of para-hydroxylation sites is 4. The molecule has 0 bridgehead atoms. The Kier molecular flexibility index (Phi) is 7.52. The minimum absolute atomic E-state index is 0.596. The van der Waals surface area contributed by atoms with Crippen LogP contribution in [0.5, 0.6) is 0 Å². The maximum absolute atomic E-state index is 6.30. The van der Waals surface area contributed by atoms with Crippen LogP contribution in [0.1, 0.15) is 0 Å². The van der Waals surface area contributed by atoms with Gasteiger partial charge in [0, 0.05) is 59.1 Å². The van der Waals surface area contributed by atoms with E-state index in [1.165, 1.54) is 48.2 Å². The van der Waals surface area contributed by atoms with Crippen LogP contribution < -0.4 is 0 Å². The molecular formula is C57H33N5OS. The van der Waals surface area contributed by atoms with Gasteiger partial charge in [0.2, 0.25) is 0 Å². The number of nitrogens with zero attached hydrogens (tertiary/aromatic N) is 5. The molecule has 0 amide bonds. The van der Waals surface area contributed by atoms with Crippen molar-refractivity contribution in [3.63, 3.8) is 0 Å². The Balaban J connectivity index is 0.936. The van der Waals surface area contributed by atoms with E-state index in [1.807, 2.05) is 42.1 Å². The van der Waals surface area contributed by atoms with Crippen LogP contribution in [0.4, 0.5) is 0 Å². The molecule has 0 radical (unpaired) electrons. The van der Waals surface area contributed by atoms with Gasteiger partial charge in [-0.1, -0.05) is 157 Å². The van der Waals surface area contributed by atoms with E-state index in [1.54, 1.807) is 0 Å². The summed E-state index contributed by atoms with van der Waals surface area (Å²) in [6.07, 6.45) is 0. The maximum Gasteiger partial charge on any atom is 0.164 e. The van der Waals surface area contributed by atoms with Crippen molar-refractivity contribution in [1.82, 2.24) is 24.1 Å². The molecule has 0 unspecified atom stereocenters. The van der Waals surface area contributed by atoms with Crippen molar-refractivity contribution in [2.24, 2.45) is 0 Å². The number of furan rings is 1. The van der Waals surface area contributed by atoms with Crippen molar-refractivity contribution < 1.29 is 4.42 Å². The van der Waals surface area contributed by atoms with E-state index in [-0.39, 0.29) is 0 Å². The summed E-state index contributed by atoms with van der Waals surface area (Å²) in [5.74, 6) is 1.81. The first kappa shape index (κ1) is 35.3. The Labute approximate surface area is 370 Å². The Morgan fingerprint density at radius 2 is 1.08 bits per heavy atom. The fourth-order valence-corrected chi connectivity index (χ4v) is 10.9. The van der Waals surface area contributed by atoms with Gasteiger partial charge in [-0.15, -0.1) is 0 Å². The van der Waals surface area contributed by atoms with Gasteiger partial charge in [0.05, 0.1) is 16.7 Å². The van der Waals surface area contributed by atoms with Gasteiger partial charge in [0.1, 0.15) is 16.8 Å². The number of hydrogen-bond donors (Lipinski definition) is 0. The minimum Gasteiger partial charge on any atom is -0.456 e. The predicted octanol–water partition coefficient (Wildman–Crippen LogP) is 15.1. The second-order valence-corrected chi connectivity index (χ2v) is 17.5. The van der Waals surface area contributed by atoms with Crippen LogP contribution in [0.25, 0.3) is 122 Å². The predicted molar refractivity (Wildman–Crippen MR) is 262 cm³/mol. The average molecular weight is 836 g/mol. The molecule has 64 heavy (non-hydrogen) atoms. The van der Waals surface area contributed by atoms with Gasteiger partial charge in [-0.2, -0.15) is 0 Å². The molecule has 6 nitrogen and oxygen atoms in total. The molecule has 14 rings (SSSR count). The highest BCUT2D eigenvalue weighted by Gasteiger charge is 2.28. The molecular weight excluding hydrogens is 803 g/mol. The lowest BCUT2D eigenvalue weighted by molar-refractivity contribution is 0.669. The molecule has 5 heterocycles. The zero-order chi connectivity index (χ0) is 41.9. The summed E-state index contributed by atoms with van der Waals surface area (Å²) in [7, 11) is 0. The molecule has 0 N–H and O–H groups in total. The Bertz CT molecular complexity index is 4050. The quantitative estimate of drug-likeness (QED) is 0.173. The first-order chi connectivity index (χ1) is 31.7. The van der Waals surface area contributed by atoms with Crippen LogP contribution in [0.3, 0.4) is 0 Å². The molecule has 0 aliphatic carbocycles. The standard InChI is InChI=1S/C57H33N5OS/c1-2-14-40(15-3-1)61-46-33-38(30-31-41(46)52-43-17-11-23-50-53(43)62(57(52)61)45-19-7-9-22-49(45)64-50)35-24-27-36(28-25-35)54-58-55(39-29-26-34-12-4-5-13-37(34)32-39)60-56(59-54)44-18-10-21-48-51(44)42-16-6-8-20-47(42)63-48/h1-33H. The summed E-state index contributed by atoms with van der Waals surface area (Å²) < 4.78 is 11.2. The monoisotopic (exact) mass is 835 g/mol. The number of hydrogen-bond acceptors (Lipinski definition) is 5.